The van der Waals surface area contributed by atoms with Crippen molar-refractivity contribution in [3.05, 3.63) is 24.3 Å². The van der Waals surface area contributed by atoms with E-state index in [1.54, 1.807) is 0 Å². The molecule has 0 rings (SSSR count). The van der Waals surface area contributed by atoms with Gasteiger partial charge in [-0.15, -0.1) is 5.92 Å². The van der Waals surface area contributed by atoms with Crippen LogP contribution in [0.4, 0.5) is 0 Å². The Morgan fingerprint density at radius 1 is 1.33 bits per heavy atom. The van der Waals surface area contributed by atoms with Crippen LogP contribution < -0.4 is 0 Å². The largest absolute Gasteiger partial charge is 0.103 e. The van der Waals surface area contributed by atoms with Crippen LogP contribution in [0.15, 0.2) is 24.3 Å². The Bertz CT molecular complexity index is 198. The summed E-state index contributed by atoms with van der Waals surface area (Å²) in [5.41, 5.74) is 1.37. The van der Waals surface area contributed by atoms with Crippen LogP contribution in [0.2, 0.25) is 0 Å². The van der Waals surface area contributed by atoms with E-state index in [-0.39, 0.29) is 0 Å². The summed E-state index contributed by atoms with van der Waals surface area (Å²) in [5, 5.41) is 0. The Hall–Kier alpha value is -0.960. The van der Waals surface area contributed by atoms with Crippen LogP contribution in [0.1, 0.15) is 39.5 Å². The Morgan fingerprint density at radius 2 is 2.08 bits per heavy atom. The molecule has 0 aliphatic heterocycles. The predicted octanol–water partition coefficient (Wildman–Crippen LogP) is 3.70. The van der Waals surface area contributed by atoms with Gasteiger partial charge in [-0.3, -0.25) is 0 Å². The normalized spacial score (nSPS) is 10.3. The van der Waals surface area contributed by atoms with Gasteiger partial charge in [-0.1, -0.05) is 44.1 Å². The molecule has 0 N–H and O–H groups in total. The molecular weight excluding hydrogens is 144 g/mol. The fourth-order valence-corrected chi connectivity index (χ4v) is 0.858. The lowest BCUT2D eigenvalue weighted by atomic mass is 10.1. The second kappa shape index (κ2) is 8.14. The fourth-order valence-electron chi connectivity index (χ4n) is 0.858. The zero-order valence-electron chi connectivity index (χ0n) is 8.19. The van der Waals surface area contributed by atoms with Crippen LogP contribution in [0.5, 0.6) is 0 Å². The van der Waals surface area contributed by atoms with Gasteiger partial charge in [-0.25, -0.2) is 0 Å². The number of unbranched alkanes of at least 4 members (excludes halogenated alkanes) is 1. The van der Waals surface area contributed by atoms with Crippen molar-refractivity contribution < 1.29 is 0 Å². The molecule has 0 saturated heterocycles. The molecule has 0 unspecified atom stereocenters. The van der Waals surface area contributed by atoms with Gasteiger partial charge in [0.1, 0.15) is 0 Å². The molecule has 0 aromatic rings. The lowest BCUT2D eigenvalue weighted by Gasteiger charge is -1.94. The number of allylic oxidation sites excluding steroid dienone is 3. The molecule has 0 nitrogen and oxygen atoms in total. The van der Waals surface area contributed by atoms with Crippen LogP contribution in [0.3, 0.4) is 0 Å². The molecule has 0 aromatic heterocycles. The number of hydrogen-bond donors (Lipinski definition) is 0. The lowest BCUT2D eigenvalue weighted by molar-refractivity contribution is 0.979. The minimum absolute atomic E-state index is 0.905. The highest BCUT2D eigenvalue weighted by atomic mass is 13.9. The second-order valence-corrected chi connectivity index (χ2v) is 2.69. The summed E-state index contributed by atoms with van der Waals surface area (Å²) in [6.45, 7) is 7.97. The quantitative estimate of drug-likeness (QED) is 0.437. The molecule has 0 aliphatic carbocycles. The molecule has 0 heterocycles. The van der Waals surface area contributed by atoms with Crippen LogP contribution in [-0.4, -0.2) is 0 Å². The lowest BCUT2D eigenvalue weighted by Crippen LogP contribution is -1.77. The Labute approximate surface area is 76.4 Å². The molecule has 0 radical (unpaired) electrons. The molecule has 0 aromatic carbocycles. The molecule has 0 spiro atoms. The van der Waals surface area contributed by atoms with Crippen molar-refractivity contribution in [2.75, 3.05) is 0 Å². The molecule has 12 heavy (non-hydrogen) atoms. The van der Waals surface area contributed by atoms with Crippen molar-refractivity contribution in [2.45, 2.75) is 39.5 Å². The van der Waals surface area contributed by atoms with E-state index in [2.05, 4.69) is 38.3 Å². The van der Waals surface area contributed by atoms with Crippen LogP contribution in [0, 0.1) is 11.8 Å². The van der Waals surface area contributed by atoms with Crippen molar-refractivity contribution >= 4 is 0 Å². The minimum atomic E-state index is 0.905. The van der Waals surface area contributed by atoms with E-state index < -0.39 is 0 Å². The second-order valence-electron chi connectivity index (χ2n) is 2.69. The van der Waals surface area contributed by atoms with Crippen molar-refractivity contribution in [3.8, 4) is 11.8 Å². The highest BCUT2D eigenvalue weighted by molar-refractivity contribution is 5.17. The third-order valence-electron chi connectivity index (χ3n) is 1.62. The first-order valence-electron chi connectivity index (χ1n) is 4.61. The third kappa shape index (κ3) is 5.80. The van der Waals surface area contributed by atoms with Gasteiger partial charge >= 0.3 is 0 Å². The molecule has 0 amide bonds. The highest BCUT2D eigenvalue weighted by Gasteiger charge is 1.87. The summed E-state index contributed by atoms with van der Waals surface area (Å²) >= 11 is 0. The zero-order chi connectivity index (χ0) is 9.23. The molecule has 0 heteroatoms. The number of rotatable bonds is 4. The van der Waals surface area contributed by atoms with Gasteiger partial charge < -0.3 is 0 Å². The molecule has 0 aliphatic rings. The fraction of sp³-hybridized carbons (Fsp3) is 0.500. The van der Waals surface area contributed by atoms with Crippen LogP contribution in [-0.2, 0) is 0 Å². The summed E-state index contributed by atoms with van der Waals surface area (Å²) < 4.78 is 0. The summed E-state index contributed by atoms with van der Waals surface area (Å²) in [4.78, 5) is 0. The van der Waals surface area contributed by atoms with E-state index in [9.17, 15) is 0 Å². The van der Waals surface area contributed by atoms with Crippen molar-refractivity contribution in [1.29, 1.82) is 0 Å². The van der Waals surface area contributed by atoms with E-state index in [0.717, 1.165) is 25.7 Å². The predicted molar refractivity (Wildman–Crippen MR) is 55.9 cm³/mol. The van der Waals surface area contributed by atoms with Gasteiger partial charge in [0, 0.05) is 12.8 Å². The van der Waals surface area contributed by atoms with Crippen molar-refractivity contribution in [3.63, 3.8) is 0 Å². The van der Waals surface area contributed by atoms with E-state index in [4.69, 9.17) is 0 Å². The van der Waals surface area contributed by atoms with Crippen LogP contribution in [0.25, 0.3) is 0 Å². The maximum atomic E-state index is 3.67. The van der Waals surface area contributed by atoms with E-state index >= 15 is 0 Å². The van der Waals surface area contributed by atoms with Crippen molar-refractivity contribution in [2.24, 2.45) is 0 Å². The summed E-state index contributed by atoms with van der Waals surface area (Å²) in [7, 11) is 0. The summed E-state index contributed by atoms with van der Waals surface area (Å²) in [6, 6.07) is 0. The van der Waals surface area contributed by atoms with Crippen molar-refractivity contribution in [1.82, 2.24) is 0 Å². The maximum absolute atomic E-state index is 3.67. The molecule has 0 atom stereocenters. The summed E-state index contributed by atoms with van der Waals surface area (Å²) in [6.07, 6.45) is 8.04. The summed E-state index contributed by atoms with van der Waals surface area (Å²) in [5.74, 6) is 6.29. The van der Waals surface area contributed by atoms with Gasteiger partial charge in [0.05, 0.1) is 0 Å². The van der Waals surface area contributed by atoms with E-state index in [1.807, 2.05) is 6.08 Å². The Kier molecular flexibility index (Phi) is 7.49. The highest BCUT2D eigenvalue weighted by Crippen LogP contribution is 2.04. The van der Waals surface area contributed by atoms with Gasteiger partial charge in [0.25, 0.3) is 0 Å². The average molecular weight is 162 g/mol. The first kappa shape index (κ1) is 11.0. The molecule has 0 bridgehead atoms. The SMILES string of the molecule is C=C/C=C(\CC)CC#CCCC. The molecule has 66 valence electrons. The number of hydrogen-bond acceptors (Lipinski definition) is 0. The van der Waals surface area contributed by atoms with E-state index in [1.165, 1.54) is 5.57 Å². The standard InChI is InChI=1S/C12H18/c1-4-7-8-9-11-12(6-3)10-5-2/h5,10H,2,4,6-7,11H2,1,3H3/b12-10+. The smallest absolute Gasteiger partial charge is 0.0302 e. The Balaban J connectivity index is 3.82. The topological polar surface area (TPSA) is 0 Å². The van der Waals surface area contributed by atoms with Gasteiger partial charge in [0.2, 0.25) is 0 Å². The van der Waals surface area contributed by atoms with Crippen LogP contribution >= 0.6 is 0 Å². The third-order valence-corrected chi connectivity index (χ3v) is 1.62. The monoisotopic (exact) mass is 162 g/mol. The average Bonchev–Trinajstić information content (AvgIpc) is 2.10. The van der Waals surface area contributed by atoms with Gasteiger partial charge in [0.15, 0.2) is 0 Å². The molecular formula is C12H18. The zero-order valence-corrected chi connectivity index (χ0v) is 8.19. The first-order chi connectivity index (χ1) is 5.85. The first-order valence-corrected chi connectivity index (χ1v) is 4.61. The van der Waals surface area contributed by atoms with Gasteiger partial charge in [-0.2, -0.15) is 0 Å². The Morgan fingerprint density at radius 3 is 2.58 bits per heavy atom. The molecule has 0 fully saturated rings. The maximum Gasteiger partial charge on any atom is 0.0302 e. The molecule has 0 saturated carbocycles. The van der Waals surface area contributed by atoms with Gasteiger partial charge in [-0.05, 0) is 12.8 Å². The van der Waals surface area contributed by atoms with E-state index in [0.29, 0.717) is 0 Å². The minimum Gasteiger partial charge on any atom is -0.103 e.